The average molecular weight is 274 g/mol. The number of hydrogen-bond acceptors (Lipinski definition) is 3. The summed E-state index contributed by atoms with van der Waals surface area (Å²) in [5, 5.41) is 0. The number of methoxy groups -OCH3 is 1. The molecule has 0 N–H and O–H groups in total. The largest absolute Gasteiger partial charge is 0.379 e. The Labute approximate surface area is 120 Å². The Balaban J connectivity index is 0. The van der Waals surface area contributed by atoms with Crippen molar-refractivity contribution in [2.75, 3.05) is 33.8 Å². The van der Waals surface area contributed by atoms with Crippen molar-refractivity contribution >= 4 is 6.41 Å². The second-order valence-corrected chi connectivity index (χ2v) is 6.13. The second-order valence-electron chi connectivity index (χ2n) is 6.13. The minimum atomic E-state index is 0.0417. The molecule has 0 aliphatic carbocycles. The van der Waals surface area contributed by atoms with Crippen LogP contribution in [0.4, 0.5) is 0 Å². The fourth-order valence-electron chi connectivity index (χ4n) is 1.37. The molecule has 0 aromatic carbocycles. The van der Waals surface area contributed by atoms with Crippen LogP contribution in [0, 0.1) is 0 Å². The maximum Gasteiger partial charge on any atom is 0.209 e. The van der Waals surface area contributed by atoms with Crippen LogP contribution in [-0.2, 0) is 9.53 Å². The fourth-order valence-corrected chi connectivity index (χ4v) is 1.37. The van der Waals surface area contributed by atoms with Gasteiger partial charge in [0.05, 0.1) is 5.60 Å². The second kappa shape index (κ2) is 9.32. The summed E-state index contributed by atoms with van der Waals surface area (Å²) in [4.78, 5) is 14.6. The molecule has 4 heteroatoms. The topological polar surface area (TPSA) is 32.8 Å². The Hall–Kier alpha value is -0.610. The van der Waals surface area contributed by atoms with Crippen LogP contribution >= 0.6 is 0 Å². The van der Waals surface area contributed by atoms with Crippen molar-refractivity contribution in [3.63, 3.8) is 0 Å². The van der Waals surface area contributed by atoms with Crippen LogP contribution in [-0.4, -0.2) is 61.1 Å². The lowest BCUT2D eigenvalue weighted by Crippen LogP contribution is -2.57. The molecule has 116 valence electrons. The van der Waals surface area contributed by atoms with Crippen LogP contribution in [0.25, 0.3) is 0 Å². The highest BCUT2D eigenvalue weighted by Crippen LogP contribution is 2.17. The molecular weight excluding hydrogens is 240 g/mol. The van der Waals surface area contributed by atoms with E-state index in [1.54, 1.807) is 7.11 Å². The Bertz CT molecular complexity index is 235. The van der Waals surface area contributed by atoms with Gasteiger partial charge in [0.15, 0.2) is 0 Å². The predicted molar refractivity (Wildman–Crippen MR) is 82.5 cm³/mol. The molecule has 4 nitrogen and oxygen atoms in total. The third-order valence-electron chi connectivity index (χ3n) is 3.11. The smallest absolute Gasteiger partial charge is 0.209 e. The molecular formula is C15H34N2O2. The lowest BCUT2D eigenvalue weighted by atomic mass is 10.0. The van der Waals surface area contributed by atoms with E-state index >= 15 is 0 Å². The molecule has 19 heavy (non-hydrogen) atoms. The highest BCUT2D eigenvalue weighted by molar-refractivity contribution is 5.47. The zero-order chi connectivity index (χ0) is 15.7. The minimum Gasteiger partial charge on any atom is -0.379 e. The summed E-state index contributed by atoms with van der Waals surface area (Å²) < 4.78 is 4.94. The lowest BCUT2D eigenvalue weighted by Gasteiger charge is -2.43. The van der Waals surface area contributed by atoms with E-state index in [1.165, 1.54) is 0 Å². The van der Waals surface area contributed by atoms with Crippen molar-refractivity contribution < 1.29 is 9.53 Å². The standard InChI is InChI=1S/C8H16N2O.C5H12O.C2H6/c1-8(2)6-10(7-11)5-4-9(8)3;1-5(2,3)6-4;1-2/h7H,4-6H2,1-3H3;1-4H3;1-2H3. The van der Waals surface area contributed by atoms with E-state index in [9.17, 15) is 4.79 Å². The zero-order valence-electron chi connectivity index (χ0n) is 14.4. The highest BCUT2D eigenvalue weighted by Gasteiger charge is 2.29. The molecule has 0 unspecified atom stereocenters. The van der Waals surface area contributed by atoms with Gasteiger partial charge >= 0.3 is 0 Å². The Kier molecular flexibility index (Phi) is 10.2. The van der Waals surface area contributed by atoms with Gasteiger partial charge in [0.25, 0.3) is 0 Å². The van der Waals surface area contributed by atoms with Crippen LogP contribution < -0.4 is 0 Å². The molecule has 1 aliphatic heterocycles. The molecule has 1 aliphatic rings. The first-order valence-electron chi connectivity index (χ1n) is 7.08. The molecule has 1 amide bonds. The molecule has 0 aromatic heterocycles. The maximum atomic E-state index is 10.5. The van der Waals surface area contributed by atoms with E-state index < -0.39 is 0 Å². The molecule has 1 saturated heterocycles. The summed E-state index contributed by atoms with van der Waals surface area (Å²) in [6, 6.07) is 0. The van der Waals surface area contributed by atoms with Gasteiger partial charge in [-0.2, -0.15) is 0 Å². The zero-order valence-corrected chi connectivity index (χ0v) is 14.4. The van der Waals surface area contributed by atoms with E-state index in [1.807, 2.05) is 39.5 Å². The van der Waals surface area contributed by atoms with Gasteiger partial charge in [-0.1, -0.05) is 13.8 Å². The summed E-state index contributed by atoms with van der Waals surface area (Å²) in [5.41, 5.74) is 0.180. The van der Waals surface area contributed by atoms with Crippen LogP contribution in [0.3, 0.4) is 0 Å². The van der Waals surface area contributed by atoms with E-state index in [0.717, 1.165) is 26.0 Å². The molecule has 1 heterocycles. The van der Waals surface area contributed by atoms with Crippen molar-refractivity contribution in [2.24, 2.45) is 0 Å². The molecule has 0 spiro atoms. The Morgan fingerprint density at radius 1 is 1.16 bits per heavy atom. The summed E-state index contributed by atoms with van der Waals surface area (Å²) >= 11 is 0. The van der Waals surface area contributed by atoms with Crippen molar-refractivity contribution in [3.8, 4) is 0 Å². The lowest BCUT2D eigenvalue weighted by molar-refractivity contribution is -0.122. The maximum absolute atomic E-state index is 10.5. The first-order valence-corrected chi connectivity index (χ1v) is 7.08. The molecule has 0 aromatic rings. The van der Waals surface area contributed by atoms with Crippen LogP contribution in [0.5, 0.6) is 0 Å². The number of amides is 1. The summed E-state index contributed by atoms with van der Waals surface area (Å²) in [6.07, 6.45) is 0.939. The SMILES string of the molecule is CC.CN1CCN(C=O)CC1(C)C.COC(C)(C)C. The molecule has 1 fully saturated rings. The van der Waals surface area contributed by atoms with Gasteiger partial charge in [0, 0.05) is 32.3 Å². The summed E-state index contributed by atoms with van der Waals surface area (Å²) in [5.74, 6) is 0. The van der Waals surface area contributed by atoms with Gasteiger partial charge < -0.3 is 9.64 Å². The molecule has 1 rings (SSSR count). The van der Waals surface area contributed by atoms with Gasteiger partial charge in [-0.25, -0.2) is 0 Å². The number of rotatable bonds is 1. The number of nitrogens with zero attached hydrogens (tertiary/aromatic N) is 2. The predicted octanol–water partition coefficient (Wildman–Crippen LogP) is 2.63. The molecule has 0 bridgehead atoms. The first-order chi connectivity index (χ1) is 8.62. The molecule has 0 radical (unpaired) electrons. The fraction of sp³-hybridized carbons (Fsp3) is 0.933. The first kappa shape index (κ1) is 20.7. The van der Waals surface area contributed by atoms with Crippen LogP contribution in [0.15, 0.2) is 0 Å². The highest BCUT2D eigenvalue weighted by atomic mass is 16.5. The molecule has 0 saturated carbocycles. The van der Waals surface area contributed by atoms with E-state index in [-0.39, 0.29) is 11.1 Å². The van der Waals surface area contributed by atoms with Crippen molar-refractivity contribution in [2.45, 2.75) is 59.6 Å². The number of carbonyl (C=O) groups excluding carboxylic acids is 1. The van der Waals surface area contributed by atoms with Crippen LogP contribution in [0.2, 0.25) is 0 Å². The van der Waals surface area contributed by atoms with Gasteiger partial charge in [-0.05, 0) is 41.7 Å². The number of piperazine rings is 1. The van der Waals surface area contributed by atoms with Gasteiger partial charge in [0.1, 0.15) is 0 Å². The van der Waals surface area contributed by atoms with E-state index in [4.69, 9.17) is 4.74 Å². The third-order valence-corrected chi connectivity index (χ3v) is 3.11. The third kappa shape index (κ3) is 9.91. The summed E-state index contributed by atoms with van der Waals surface area (Å²) in [7, 11) is 3.81. The van der Waals surface area contributed by atoms with E-state index in [0.29, 0.717) is 0 Å². The van der Waals surface area contributed by atoms with Crippen molar-refractivity contribution in [1.82, 2.24) is 9.80 Å². The number of hydrogen-bond donors (Lipinski definition) is 0. The van der Waals surface area contributed by atoms with Crippen LogP contribution in [0.1, 0.15) is 48.5 Å². The summed E-state index contributed by atoms with van der Waals surface area (Å²) in [6.45, 7) is 17.1. The van der Waals surface area contributed by atoms with E-state index in [2.05, 4.69) is 25.8 Å². The van der Waals surface area contributed by atoms with Gasteiger partial charge in [-0.3, -0.25) is 9.69 Å². The minimum absolute atomic E-state index is 0.0417. The number of carbonyl (C=O) groups is 1. The van der Waals surface area contributed by atoms with Crippen molar-refractivity contribution in [3.05, 3.63) is 0 Å². The van der Waals surface area contributed by atoms with Crippen molar-refractivity contribution in [1.29, 1.82) is 0 Å². The number of ether oxygens (including phenoxy) is 1. The Morgan fingerprint density at radius 2 is 1.58 bits per heavy atom. The average Bonchev–Trinajstić information content (AvgIpc) is 2.35. The van der Waals surface area contributed by atoms with Gasteiger partial charge in [0.2, 0.25) is 6.41 Å². The quantitative estimate of drug-likeness (QED) is 0.689. The Morgan fingerprint density at radius 3 is 1.84 bits per heavy atom. The normalized spacial score (nSPS) is 18.7. The molecule has 0 atom stereocenters. The monoisotopic (exact) mass is 274 g/mol. The van der Waals surface area contributed by atoms with Gasteiger partial charge in [-0.15, -0.1) is 0 Å². The number of likely N-dealkylation sites (N-methyl/N-ethyl adjacent to an activating group) is 1.